The van der Waals surface area contributed by atoms with Gasteiger partial charge in [0, 0.05) is 0 Å². The lowest BCUT2D eigenvalue weighted by Gasteiger charge is -2.12. The zero-order valence-electron chi connectivity index (χ0n) is 7.02. The second kappa shape index (κ2) is 4.00. The van der Waals surface area contributed by atoms with Gasteiger partial charge in [0.2, 0.25) is 0 Å². The van der Waals surface area contributed by atoms with E-state index in [1.807, 2.05) is 0 Å². The highest BCUT2D eigenvalue weighted by atomic mass is 35.5. The maximum Gasteiger partial charge on any atom is 0.489 e. The van der Waals surface area contributed by atoms with Crippen LogP contribution >= 0.6 is 11.6 Å². The van der Waals surface area contributed by atoms with Crippen LogP contribution in [0.2, 0.25) is 5.02 Å². The standard InChI is InChI=1S/C7H4BClF4O2/c9-5-1-3(7(11,12)13)4(8(14)15)2-6(5)10/h1-2,14-15H. The third kappa shape index (κ3) is 2.61. The second-order valence-electron chi connectivity index (χ2n) is 2.72. The molecule has 0 bridgehead atoms. The van der Waals surface area contributed by atoms with Crippen molar-refractivity contribution in [3.63, 3.8) is 0 Å². The highest BCUT2D eigenvalue weighted by molar-refractivity contribution is 6.59. The lowest BCUT2D eigenvalue weighted by atomic mass is 9.77. The van der Waals surface area contributed by atoms with E-state index in [1.54, 1.807) is 0 Å². The molecule has 0 aliphatic carbocycles. The topological polar surface area (TPSA) is 40.5 Å². The molecule has 0 aliphatic heterocycles. The minimum Gasteiger partial charge on any atom is -0.423 e. The Bertz CT molecular complexity index is 380. The van der Waals surface area contributed by atoms with Crippen molar-refractivity contribution in [3.05, 3.63) is 28.5 Å². The van der Waals surface area contributed by atoms with E-state index in [-0.39, 0.29) is 0 Å². The van der Waals surface area contributed by atoms with Gasteiger partial charge in [-0.15, -0.1) is 0 Å². The van der Waals surface area contributed by atoms with Crippen LogP contribution in [-0.4, -0.2) is 17.2 Å². The Morgan fingerprint density at radius 1 is 1.20 bits per heavy atom. The maximum atomic E-state index is 12.8. The third-order valence-electron chi connectivity index (χ3n) is 1.68. The molecule has 0 saturated carbocycles. The molecule has 82 valence electrons. The first-order chi connectivity index (χ1) is 6.73. The van der Waals surface area contributed by atoms with E-state index in [1.165, 1.54) is 0 Å². The number of halogens is 5. The molecule has 0 fully saturated rings. The summed E-state index contributed by atoms with van der Waals surface area (Å²) in [6.45, 7) is 0. The zero-order valence-corrected chi connectivity index (χ0v) is 7.77. The quantitative estimate of drug-likeness (QED) is 0.573. The summed E-state index contributed by atoms with van der Waals surface area (Å²) in [7, 11) is -2.41. The van der Waals surface area contributed by atoms with Crippen molar-refractivity contribution in [1.29, 1.82) is 0 Å². The molecule has 0 saturated heterocycles. The normalized spacial score (nSPS) is 11.7. The van der Waals surface area contributed by atoms with Gasteiger partial charge >= 0.3 is 13.3 Å². The van der Waals surface area contributed by atoms with Gasteiger partial charge in [-0.1, -0.05) is 11.6 Å². The first-order valence-corrected chi connectivity index (χ1v) is 4.03. The Labute approximate surface area is 87.2 Å². The van der Waals surface area contributed by atoms with Gasteiger partial charge in [0.25, 0.3) is 0 Å². The van der Waals surface area contributed by atoms with Gasteiger partial charge in [-0.2, -0.15) is 13.2 Å². The Kier molecular flexibility index (Phi) is 3.27. The molecule has 2 nitrogen and oxygen atoms in total. The van der Waals surface area contributed by atoms with Crippen molar-refractivity contribution in [2.75, 3.05) is 0 Å². The molecule has 1 aromatic carbocycles. The average Bonchev–Trinajstić information content (AvgIpc) is 2.06. The van der Waals surface area contributed by atoms with Crippen molar-refractivity contribution in [3.8, 4) is 0 Å². The van der Waals surface area contributed by atoms with Crippen LogP contribution in [0.3, 0.4) is 0 Å². The van der Waals surface area contributed by atoms with Gasteiger partial charge < -0.3 is 10.0 Å². The molecule has 1 aromatic rings. The molecule has 0 radical (unpaired) electrons. The Balaban J connectivity index is 3.42. The molecule has 8 heteroatoms. The zero-order chi connectivity index (χ0) is 11.8. The molecule has 1 rings (SSSR count). The molecule has 0 unspecified atom stereocenters. The highest BCUT2D eigenvalue weighted by Crippen LogP contribution is 2.30. The molecule has 0 atom stereocenters. The summed E-state index contributed by atoms with van der Waals surface area (Å²) < 4.78 is 49.7. The van der Waals surface area contributed by atoms with E-state index in [0.29, 0.717) is 12.1 Å². The van der Waals surface area contributed by atoms with E-state index in [9.17, 15) is 17.6 Å². The van der Waals surface area contributed by atoms with Crippen LogP contribution in [0.1, 0.15) is 5.56 Å². The summed E-state index contributed by atoms with van der Waals surface area (Å²) in [6.07, 6.45) is -4.82. The summed E-state index contributed by atoms with van der Waals surface area (Å²) in [5.74, 6) is -1.15. The minimum atomic E-state index is -4.82. The Hall–Kier alpha value is -0.785. The van der Waals surface area contributed by atoms with Gasteiger partial charge in [-0.3, -0.25) is 0 Å². The number of benzene rings is 1. The minimum absolute atomic E-state index is 0.311. The predicted molar refractivity (Wildman–Crippen MR) is 46.2 cm³/mol. The molecular formula is C7H4BClF4O2. The molecule has 15 heavy (non-hydrogen) atoms. The third-order valence-corrected chi connectivity index (χ3v) is 1.97. The molecular weight excluding hydrogens is 238 g/mol. The Morgan fingerprint density at radius 2 is 1.73 bits per heavy atom. The number of hydrogen-bond acceptors (Lipinski definition) is 2. The van der Waals surface area contributed by atoms with Crippen molar-refractivity contribution in [2.45, 2.75) is 6.18 Å². The highest BCUT2D eigenvalue weighted by Gasteiger charge is 2.37. The molecule has 0 heterocycles. The number of alkyl halides is 3. The van der Waals surface area contributed by atoms with E-state index in [0.717, 1.165) is 0 Å². The van der Waals surface area contributed by atoms with E-state index in [2.05, 4.69) is 0 Å². The summed E-state index contributed by atoms with van der Waals surface area (Å²) in [4.78, 5) is 0. The number of rotatable bonds is 1. The second-order valence-corrected chi connectivity index (χ2v) is 3.13. The van der Waals surface area contributed by atoms with Crippen LogP contribution in [-0.2, 0) is 6.18 Å². The monoisotopic (exact) mass is 242 g/mol. The lowest BCUT2D eigenvalue weighted by molar-refractivity contribution is -0.136. The first kappa shape index (κ1) is 12.3. The van der Waals surface area contributed by atoms with Crippen molar-refractivity contribution >= 4 is 24.2 Å². The molecule has 0 spiro atoms. The van der Waals surface area contributed by atoms with Crippen LogP contribution in [0.25, 0.3) is 0 Å². The summed E-state index contributed by atoms with van der Waals surface area (Å²) in [5.41, 5.74) is -2.34. The van der Waals surface area contributed by atoms with E-state index in [4.69, 9.17) is 21.6 Å². The van der Waals surface area contributed by atoms with Crippen molar-refractivity contribution < 1.29 is 27.6 Å². The van der Waals surface area contributed by atoms with Crippen LogP contribution in [0.4, 0.5) is 17.6 Å². The van der Waals surface area contributed by atoms with Crippen molar-refractivity contribution in [2.24, 2.45) is 0 Å². The molecule has 0 amide bonds. The van der Waals surface area contributed by atoms with Gasteiger partial charge in [0.15, 0.2) is 0 Å². The van der Waals surface area contributed by atoms with Gasteiger partial charge in [-0.25, -0.2) is 4.39 Å². The lowest BCUT2D eigenvalue weighted by Crippen LogP contribution is -2.36. The van der Waals surface area contributed by atoms with Crippen LogP contribution in [0.5, 0.6) is 0 Å². The fraction of sp³-hybridized carbons (Fsp3) is 0.143. The molecule has 2 N–H and O–H groups in total. The van der Waals surface area contributed by atoms with Gasteiger partial charge in [-0.05, 0) is 17.6 Å². The average molecular weight is 242 g/mol. The van der Waals surface area contributed by atoms with Crippen LogP contribution < -0.4 is 5.46 Å². The first-order valence-electron chi connectivity index (χ1n) is 3.65. The SMILES string of the molecule is OB(O)c1cc(F)c(Cl)cc1C(F)(F)F. The van der Waals surface area contributed by atoms with Gasteiger partial charge in [0.05, 0.1) is 10.6 Å². The number of hydrogen-bond donors (Lipinski definition) is 2. The fourth-order valence-corrected chi connectivity index (χ4v) is 1.19. The maximum absolute atomic E-state index is 12.8. The largest absolute Gasteiger partial charge is 0.489 e. The summed E-state index contributed by atoms with van der Waals surface area (Å²) in [6, 6.07) is 0.654. The van der Waals surface area contributed by atoms with Crippen molar-refractivity contribution in [1.82, 2.24) is 0 Å². The summed E-state index contributed by atoms with van der Waals surface area (Å²) in [5, 5.41) is 16.5. The fourth-order valence-electron chi connectivity index (χ4n) is 1.02. The molecule has 0 aliphatic rings. The summed E-state index contributed by atoms with van der Waals surface area (Å²) >= 11 is 5.16. The Morgan fingerprint density at radius 3 is 2.13 bits per heavy atom. The van der Waals surface area contributed by atoms with E-state index < -0.39 is 35.2 Å². The molecule has 0 aromatic heterocycles. The van der Waals surface area contributed by atoms with Crippen LogP contribution in [0.15, 0.2) is 12.1 Å². The smallest absolute Gasteiger partial charge is 0.423 e. The van der Waals surface area contributed by atoms with Gasteiger partial charge in [0.1, 0.15) is 5.82 Å². The van der Waals surface area contributed by atoms with Crippen LogP contribution in [0, 0.1) is 5.82 Å². The predicted octanol–water partition coefficient (Wildman–Crippen LogP) is 1.18. The van der Waals surface area contributed by atoms with E-state index >= 15 is 0 Å².